The number of hydrogen-bond donors (Lipinski definition) is 3. The van der Waals surface area contributed by atoms with Crippen LogP contribution in [-0.4, -0.2) is 18.2 Å². The predicted octanol–water partition coefficient (Wildman–Crippen LogP) is 1.25. The van der Waals surface area contributed by atoms with E-state index in [1.807, 2.05) is 13.1 Å². The molecule has 0 saturated carbocycles. The van der Waals surface area contributed by atoms with E-state index in [1.54, 1.807) is 6.07 Å². The minimum Gasteiger partial charge on any atom is -0.508 e. The van der Waals surface area contributed by atoms with E-state index in [2.05, 4.69) is 5.32 Å². The van der Waals surface area contributed by atoms with Crippen LogP contribution in [0.2, 0.25) is 0 Å². The Bertz CT molecular complexity index is 349. The molecule has 0 saturated heterocycles. The molecule has 0 aromatic heterocycles. The summed E-state index contributed by atoms with van der Waals surface area (Å²) in [6.07, 6.45) is 2.91. The van der Waals surface area contributed by atoms with Gasteiger partial charge in [0.05, 0.1) is 0 Å². The van der Waals surface area contributed by atoms with Gasteiger partial charge in [-0.05, 0) is 36.5 Å². The molecule has 3 nitrogen and oxygen atoms in total. The maximum Gasteiger partial charge on any atom is 0.117 e. The van der Waals surface area contributed by atoms with Gasteiger partial charge in [0.2, 0.25) is 0 Å². The third-order valence-corrected chi connectivity index (χ3v) is 2.84. The van der Waals surface area contributed by atoms with Gasteiger partial charge in [0, 0.05) is 24.8 Å². The van der Waals surface area contributed by atoms with Crippen LogP contribution >= 0.6 is 0 Å². The van der Waals surface area contributed by atoms with Gasteiger partial charge in [0.25, 0.3) is 0 Å². The van der Waals surface area contributed by atoms with Crippen LogP contribution in [0.15, 0.2) is 12.1 Å². The molecule has 0 amide bonds. The van der Waals surface area contributed by atoms with E-state index in [0.29, 0.717) is 5.75 Å². The maximum atomic E-state index is 9.51. The topological polar surface area (TPSA) is 58.3 Å². The van der Waals surface area contributed by atoms with Crippen molar-refractivity contribution in [2.45, 2.75) is 25.3 Å². The Balaban J connectivity index is 2.46. The molecule has 1 unspecified atom stereocenters. The molecule has 14 heavy (non-hydrogen) atoms. The highest BCUT2D eigenvalue weighted by Crippen LogP contribution is 2.31. The van der Waals surface area contributed by atoms with Crippen molar-refractivity contribution in [1.29, 1.82) is 0 Å². The summed E-state index contributed by atoms with van der Waals surface area (Å²) in [7, 11) is 1.88. The summed E-state index contributed by atoms with van der Waals surface area (Å²) in [5.41, 5.74) is 9.42. The molecule has 0 bridgehead atoms. The van der Waals surface area contributed by atoms with Crippen molar-refractivity contribution in [2.24, 2.45) is 5.73 Å². The Morgan fingerprint density at radius 1 is 1.50 bits per heavy atom. The summed E-state index contributed by atoms with van der Waals surface area (Å²) in [6, 6.07) is 3.85. The number of aromatic hydroxyl groups is 1. The summed E-state index contributed by atoms with van der Waals surface area (Å²) in [6.45, 7) is 0. The summed E-state index contributed by atoms with van der Waals surface area (Å²) >= 11 is 0. The van der Waals surface area contributed by atoms with Gasteiger partial charge in [-0.15, -0.1) is 0 Å². The molecule has 76 valence electrons. The Labute approximate surface area is 83.9 Å². The van der Waals surface area contributed by atoms with Crippen LogP contribution in [0.3, 0.4) is 0 Å². The molecule has 0 spiro atoms. The van der Waals surface area contributed by atoms with E-state index in [0.717, 1.165) is 24.9 Å². The number of fused-ring (bicyclic) bond motifs is 1. The Morgan fingerprint density at radius 2 is 2.29 bits per heavy atom. The zero-order chi connectivity index (χ0) is 10.1. The van der Waals surface area contributed by atoms with E-state index < -0.39 is 0 Å². The van der Waals surface area contributed by atoms with E-state index in [1.165, 1.54) is 11.1 Å². The van der Waals surface area contributed by atoms with Gasteiger partial charge in [-0.1, -0.05) is 0 Å². The average Bonchev–Trinajstić information content (AvgIpc) is 2.15. The van der Waals surface area contributed by atoms with Gasteiger partial charge in [-0.3, -0.25) is 0 Å². The molecule has 4 N–H and O–H groups in total. The third-order valence-electron chi connectivity index (χ3n) is 2.84. The first kappa shape index (κ1) is 9.34. The van der Waals surface area contributed by atoms with Crippen molar-refractivity contribution in [3.8, 4) is 5.75 Å². The SMILES string of the molecule is CNc1cc(O)cc2c1CCC(N)C2. The number of nitrogens with one attached hydrogen (secondary N) is 1. The number of nitrogens with two attached hydrogens (primary N) is 1. The van der Waals surface area contributed by atoms with E-state index >= 15 is 0 Å². The predicted molar refractivity (Wildman–Crippen MR) is 57.7 cm³/mol. The molecule has 0 radical (unpaired) electrons. The van der Waals surface area contributed by atoms with Crippen molar-refractivity contribution >= 4 is 5.69 Å². The van der Waals surface area contributed by atoms with E-state index in [-0.39, 0.29) is 6.04 Å². The first-order valence-corrected chi connectivity index (χ1v) is 4.99. The fraction of sp³-hybridized carbons (Fsp3) is 0.455. The van der Waals surface area contributed by atoms with Crippen LogP contribution in [0.4, 0.5) is 5.69 Å². The third kappa shape index (κ3) is 1.55. The maximum absolute atomic E-state index is 9.51. The zero-order valence-electron chi connectivity index (χ0n) is 8.38. The minimum atomic E-state index is 0.244. The molecular formula is C11H16N2O. The Kier molecular flexibility index (Phi) is 2.33. The quantitative estimate of drug-likeness (QED) is 0.627. The second kappa shape index (κ2) is 3.50. The van der Waals surface area contributed by atoms with Crippen LogP contribution in [0, 0.1) is 0 Å². The number of phenols is 1. The van der Waals surface area contributed by atoms with Crippen LogP contribution < -0.4 is 11.1 Å². The molecule has 1 aromatic carbocycles. The highest BCUT2D eigenvalue weighted by Gasteiger charge is 2.18. The Hall–Kier alpha value is -1.22. The molecule has 3 heteroatoms. The number of anilines is 1. The van der Waals surface area contributed by atoms with Crippen molar-refractivity contribution in [1.82, 2.24) is 0 Å². The summed E-state index contributed by atoms with van der Waals surface area (Å²) in [5.74, 6) is 0.321. The fourth-order valence-corrected chi connectivity index (χ4v) is 2.13. The van der Waals surface area contributed by atoms with Gasteiger partial charge in [-0.2, -0.15) is 0 Å². The van der Waals surface area contributed by atoms with Crippen LogP contribution in [0.5, 0.6) is 5.75 Å². The lowest BCUT2D eigenvalue weighted by atomic mass is 9.87. The van der Waals surface area contributed by atoms with Gasteiger partial charge in [0.15, 0.2) is 0 Å². The summed E-state index contributed by atoms with van der Waals surface area (Å²) < 4.78 is 0. The lowest BCUT2D eigenvalue weighted by Gasteiger charge is -2.23. The van der Waals surface area contributed by atoms with Gasteiger partial charge in [0.1, 0.15) is 5.75 Å². The zero-order valence-corrected chi connectivity index (χ0v) is 8.38. The van der Waals surface area contributed by atoms with Crippen LogP contribution in [0.25, 0.3) is 0 Å². The number of phenolic OH excluding ortho intramolecular Hbond substituents is 1. The smallest absolute Gasteiger partial charge is 0.117 e. The first-order valence-electron chi connectivity index (χ1n) is 4.99. The van der Waals surface area contributed by atoms with Gasteiger partial charge in [-0.25, -0.2) is 0 Å². The molecule has 1 aliphatic carbocycles. The number of hydrogen-bond acceptors (Lipinski definition) is 3. The molecule has 1 atom stereocenters. The Morgan fingerprint density at radius 3 is 3.00 bits per heavy atom. The molecule has 0 aliphatic heterocycles. The molecule has 1 aliphatic rings. The van der Waals surface area contributed by atoms with Crippen LogP contribution in [-0.2, 0) is 12.8 Å². The van der Waals surface area contributed by atoms with Crippen molar-refractivity contribution in [2.75, 3.05) is 12.4 Å². The number of rotatable bonds is 1. The average molecular weight is 192 g/mol. The molecule has 0 heterocycles. The normalized spacial score (nSPS) is 20.3. The monoisotopic (exact) mass is 192 g/mol. The second-order valence-electron chi connectivity index (χ2n) is 3.88. The molecular weight excluding hydrogens is 176 g/mol. The van der Waals surface area contributed by atoms with Crippen molar-refractivity contribution in [3.05, 3.63) is 23.3 Å². The molecule has 1 aromatic rings. The molecule has 0 fully saturated rings. The summed E-state index contributed by atoms with van der Waals surface area (Å²) in [4.78, 5) is 0. The van der Waals surface area contributed by atoms with E-state index in [4.69, 9.17) is 5.73 Å². The first-order chi connectivity index (χ1) is 6.70. The highest BCUT2D eigenvalue weighted by molar-refractivity contribution is 5.59. The fourth-order valence-electron chi connectivity index (χ4n) is 2.13. The highest BCUT2D eigenvalue weighted by atomic mass is 16.3. The van der Waals surface area contributed by atoms with Gasteiger partial charge < -0.3 is 16.2 Å². The van der Waals surface area contributed by atoms with Crippen LogP contribution in [0.1, 0.15) is 17.5 Å². The largest absolute Gasteiger partial charge is 0.508 e. The van der Waals surface area contributed by atoms with E-state index in [9.17, 15) is 5.11 Å². The lowest BCUT2D eigenvalue weighted by Crippen LogP contribution is -2.28. The number of benzene rings is 1. The second-order valence-corrected chi connectivity index (χ2v) is 3.88. The van der Waals surface area contributed by atoms with Crippen molar-refractivity contribution < 1.29 is 5.11 Å². The van der Waals surface area contributed by atoms with Crippen molar-refractivity contribution in [3.63, 3.8) is 0 Å². The minimum absolute atomic E-state index is 0.244. The van der Waals surface area contributed by atoms with Gasteiger partial charge >= 0.3 is 0 Å². The standard InChI is InChI=1S/C11H16N2O/c1-13-11-6-9(14)5-7-4-8(12)2-3-10(7)11/h5-6,8,13-14H,2-4,12H2,1H3. The molecule has 2 rings (SSSR count). The summed E-state index contributed by atoms with van der Waals surface area (Å²) in [5, 5.41) is 12.6. The lowest BCUT2D eigenvalue weighted by molar-refractivity contribution is 0.472.